The van der Waals surface area contributed by atoms with Crippen LogP contribution >= 0.6 is 11.8 Å². The maximum Gasteiger partial charge on any atom is 0.339 e. The van der Waals surface area contributed by atoms with Crippen LogP contribution in [0.4, 0.5) is 0 Å². The van der Waals surface area contributed by atoms with E-state index in [2.05, 4.69) is 0 Å². The summed E-state index contributed by atoms with van der Waals surface area (Å²) in [6.45, 7) is 0.512. The van der Waals surface area contributed by atoms with E-state index in [9.17, 15) is 9.59 Å². The van der Waals surface area contributed by atoms with Gasteiger partial charge in [-0.05, 0) is 49.2 Å². The van der Waals surface area contributed by atoms with Crippen LogP contribution in [0, 0.1) is 0 Å². The Hall–Kier alpha value is -2.31. The van der Waals surface area contributed by atoms with Crippen LogP contribution in [-0.2, 0) is 9.47 Å². The van der Waals surface area contributed by atoms with E-state index in [1.54, 1.807) is 55.3 Å². The number of thioether (sulfide) groups is 1. The summed E-state index contributed by atoms with van der Waals surface area (Å²) in [5, 5.41) is 0. The first-order valence-electron chi connectivity index (χ1n) is 8.85. The van der Waals surface area contributed by atoms with Crippen molar-refractivity contribution in [3.05, 3.63) is 59.7 Å². The zero-order chi connectivity index (χ0) is 19.1. The molecular formula is C21H22O5S. The molecule has 0 bridgehead atoms. The highest BCUT2D eigenvalue weighted by molar-refractivity contribution is 7.99. The highest BCUT2D eigenvalue weighted by Crippen LogP contribution is 2.27. The summed E-state index contributed by atoms with van der Waals surface area (Å²) in [4.78, 5) is 25.5. The molecule has 1 fully saturated rings. The van der Waals surface area contributed by atoms with Gasteiger partial charge < -0.3 is 14.2 Å². The minimum absolute atomic E-state index is 0.232. The van der Waals surface area contributed by atoms with Gasteiger partial charge >= 0.3 is 5.97 Å². The van der Waals surface area contributed by atoms with E-state index >= 15 is 0 Å². The van der Waals surface area contributed by atoms with Crippen LogP contribution in [-0.4, -0.2) is 43.9 Å². The Morgan fingerprint density at radius 3 is 2.63 bits per heavy atom. The highest BCUT2D eigenvalue weighted by atomic mass is 32.2. The maximum atomic E-state index is 12.5. The van der Waals surface area contributed by atoms with Crippen molar-refractivity contribution in [1.29, 1.82) is 0 Å². The minimum atomic E-state index is -0.493. The van der Waals surface area contributed by atoms with Gasteiger partial charge in [0.15, 0.2) is 12.4 Å². The number of carbonyl (C=O) groups is 2. The zero-order valence-corrected chi connectivity index (χ0v) is 16.0. The lowest BCUT2D eigenvalue weighted by atomic mass is 10.1. The number of benzene rings is 2. The Morgan fingerprint density at radius 1 is 1.15 bits per heavy atom. The summed E-state index contributed by atoms with van der Waals surface area (Å²) >= 11 is 1.58. The molecule has 0 N–H and O–H groups in total. The normalized spacial score (nSPS) is 16.1. The van der Waals surface area contributed by atoms with Crippen LogP contribution in [0.5, 0.6) is 5.75 Å². The molecule has 1 saturated heterocycles. The molecule has 0 aliphatic carbocycles. The largest absolute Gasteiger partial charge is 0.497 e. The molecule has 27 heavy (non-hydrogen) atoms. The second kappa shape index (κ2) is 9.58. The van der Waals surface area contributed by atoms with Gasteiger partial charge in [-0.25, -0.2) is 4.79 Å². The first-order chi connectivity index (χ1) is 13.2. The van der Waals surface area contributed by atoms with E-state index in [1.165, 1.54) is 0 Å². The average Bonchev–Trinajstić information content (AvgIpc) is 3.24. The van der Waals surface area contributed by atoms with Crippen molar-refractivity contribution in [2.45, 2.75) is 23.8 Å². The van der Waals surface area contributed by atoms with E-state index in [-0.39, 0.29) is 18.5 Å². The first-order valence-corrected chi connectivity index (χ1v) is 9.83. The van der Waals surface area contributed by atoms with Crippen molar-refractivity contribution < 1.29 is 23.8 Å². The molecule has 1 aliphatic rings. The molecule has 6 heteroatoms. The SMILES string of the molecule is COc1ccc(C(=O)COC(=O)c2ccccc2SC[C@@H]2CCCO2)cc1. The van der Waals surface area contributed by atoms with Gasteiger partial charge in [-0.2, -0.15) is 0 Å². The number of hydrogen-bond donors (Lipinski definition) is 0. The Balaban J connectivity index is 1.57. The van der Waals surface area contributed by atoms with Gasteiger partial charge in [-0.1, -0.05) is 12.1 Å². The summed E-state index contributed by atoms with van der Waals surface area (Å²) in [6, 6.07) is 14.0. The van der Waals surface area contributed by atoms with E-state index in [4.69, 9.17) is 14.2 Å². The third kappa shape index (κ3) is 5.34. The molecule has 3 rings (SSSR count). The Kier molecular flexibility index (Phi) is 6.90. The minimum Gasteiger partial charge on any atom is -0.497 e. The number of methoxy groups -OCH3 is 1. The van der Waals surface area contributed by atoms with Crippen LogP contribution < -0.4 is 4.74 Å². The summed E-state index contributed by atoms with van der Waals surface area (Å²) in [5.41, 5.74) is 0.952. The third-order valence-electron chi connectivity index (χ3n) is 4.30. The average molecular weight is 386 g/mol. The topological polar surface area (TPSA) is 61.8 Å². The fourth-order valence-corrected chi connectivity index (χ4v) is 3.90. The second-order valence-corrected chi connectivity index (χ2v) is 7.23. The molecule has 0 radical (unpaired) electrons. The molecule has 2 aromatic carbocycles. The lowest BCUT2D eigenvalue weighted by molar-refractivity contribution is 0.0471. The fraction of sp³-hybridized carbons (Fsp3) is 0.333. The molecule has 0 unspecified atom stereocenters. The van der Waals surface area contributed by atoms with Gasteiger partial charge in [0.25, 0.3) is 0 Å². The van der Waals surface area contributed by atoms with Crippen LogP contribution in [0.1, 0.15) is 33.6 Å². The van der Waals surface area contributed by atoms with Gasteiger partial charge in [0.05, 0.1) is 18.8 Å². The summed E-state index contributed by atoms with van der Waals surface area (Å²) < 4.78 is 15.9. The number of carbonyl (C=O) groups excluding carboxylic acids is 2. The molecule has 0 amide bonds. The molecule has 5 nitrogen and oxygen atoms in total. The molecule has 0 spiro atoms. The molecule has 1 aliphatic heterocycles. The fourth-order valence-electron chi connectivity index (χ4n) is 2.79. The van der Waals surface area contributed by atoms with Crippen LogP contribution in [0.2, 0.25) is 0 Å². The molecule has 1 atom stereocenters. The Bertz CT molecular complexity index is 781. The monoisotopic (exact) mass is 386 g/mol. The van der Waals surface area contributed by atoms with E-state index in [0.717, 1.165) is 30.1 Å². The molecule has 142 valence electrons. The molecule has 2 aromatic rings. The second-order valence-electron chi connectivity index (χ2n) is 6.17. The summed E-state index contributed by atoms with van der Waals surface area (Å²) in [7, 11) is 1.56. The Labute approximate surface area is 163 Å². The zero-order valence-electron chi connectivity index (χ0n) is 15.2. The van der Waals surface area contributed by atoms with E-state index in [0.29, 0.717) is 16.9 Å². The highest BCUT2D eigenvalue weighted by Gasteiger charge is 2.19. The molecule has 0 aromatic heterocycles. The predicted octanol–water partition coefficient (Wildman–Crippen LogP) is 4.01. The van der Waals surface area contributed by atoms with Crippen molar-refractivity contribution in [3.63, 3.8) is 0 Å². The number of esters is 1. The van der Waals surface area contributed by atoms with Gasteiger partial charge in [0.1, 0.15) is 5.75 Å². The number of Topliss-reactive ketones (excluding diaryl/α,β-unsaturated/α-hetero) is 1. The van der Waals surface area contributed by atoms with Crippen molar-refractivity contribution >= 4 is 23.5 Å². The lowest BCUT2D eigenvalue weighted by Gasteiger charge is -2.12. The van der Waals surface area contributed by atoms with Crippen LogP contribution in [0.15, 0.2) is 53.4 Å². The summed E-state index contributed by atoms with van der Waals surface area (Å²) in [6.07, 6.45) is 2.37. The number of ether oxygens (including phenoxy) is 3. The van der Waals surface area contributed by atoms with Crippen molar-refractivity contribution in [2.24, 2.45) is 0 Å². The van der Waals surface area contributed by atoms with Gasteiger partial charge in [-0.15, -0.1) is 11.8 Å². The first kappa shape index (κ1) is 19.5. The number of rotatable bonds is 8. The smallest absolute Gasteiger partial charge is 0.339 e. The number of hydrogen-bond acceptors (Lipinski definition) is 6. The predicted molar refractivity (Wildman–Crippen MR) is 104 cm³/mol. The maximum absolute atomic E-state index is 12.5. The van der Waals surface area contributed by atoms with Crippen molar-refractivity contribution in [1.82, 2.24) is 0 Å². The van der Waals surface area contributed by atoms with Gasteiger partial charge in [0, 0.05) is 22.8 Å². The molecular weight excluding hydrogens is 364 g/mol. The van der Waals surface area contributed by atoms with Crippen LogP contribution in [0.25, 0.3) is 0 Å². The van der Waals surface area contributed by atoms with Crippen molar-refractivity contribution in [2.75, 3.05) is 26.1 Å². The quantitative estimate of drug-likeness (QED) is 0.388. The summed E-state index contributed by atoms with van der Waals surface area (Å²) in [5.74, 6) is 0.721. The molecule has 0 saturated carbocycles. The Morgan fingerprint density at radius 2 is 1.93 bits per heavy atom. The standard InChI is InChI=1S/C21H22O5S/c1-24-16-10-8-15(9-11-16)19(22)13-26-21(23)18-6-2-3-7-20(18)27-14-17-5-4-12-25-17/h2-3,6-11,17H,4-5,12-14H2,1H3/t17-/m0/s1. The van der Waals surface area contributed by atoms with Crippen molar-refractivity contribution in [3.8, 4) is 5.75 Å². The number of ketones is 1. The van der Waals surface area contributed by atoms with Gasteiger partial charge in [0.2, 0.25) is 0 Å². The third-order valence-corrected chi connectivity index (χ3v) is 5.51. The van der Waals surface area contributed by atoms with Crippen LogP contribution in [0.3, 0.4) is 0 Å². The molecule has 1 heterocycles. The lowest BCUT2D eigenvalue weighted by Crippen LogP contribution is -2.15. The van der Waals surface area contributed by atoms with E-state index < -0.39 is 5.97 Å². The van der Waals surface area contributed by atoms with Gasteiger partial charge in [-0.3, -0.25) is 4.79 Å². The van der Waals surface area contributed by atoms with E-state index in [1.807, 2.05) is 12.1 Å².